The molecule has 0 N–H and O–H groups in total. The smallest absolute Gasteiger partial charge is 0.213 e. The lowest BCUT2D eigenvalue weighted by Crippen LogP contribution is -2.33. The summed E-state index contributed by atoms with van der Waals surface area (Å²) in [5.74, 6) is 3.34. The van der Waals surface area contributed by atoms with Gasteiger partial charge in [0.25, 0.3) is 0 Å². The van der Waals surface area contributed by atoms with Crippen molar-refractivity contribution >= 4 is 17.3 Å². The standard InChI is InChI=1S/C23H21ClN2O3/c1-3-27-17-8-5-15(6-9-17)23-26-20(18-12-16(24)7-11-21(18)29-23)13-19(25-26)22-10-4-14(2)28-22/h4-12,20,23H,3,13H2,1-2H3/t20-,23+/m1/s1. The number of hydrazone groups is 1. The molecule has 0 aliphatic carbocycles. The molecule has 0 fully saturated rings. The summed E-state index contributed by atoms with van der Waals surface area (Å²) in [4.78, 5) is 0. The fraction of sp³-hybridized carbons (Fsp3) is 0.261. The van der Waals surface area contributed by atoms with Gasteiger partial charge in [-0.15, -0.1) is 0 Å². The second-order valence-electron chi connectivity index (χ2n) is 7.21. The van der Waals surface area contributed by atoms with Crippen LogP contribution in [-0.4, -0.2) is 17.3 Å². The Labute approximate surface area is 174 Å². The molecular formula is C23H21ClN2O3. The van der Waals surface area contributed by atoms with E-state index >= 15 is 0 Å². The monoisotopic (exact) mass is 408 g/mol. The Kier molecular flexibility index (Phi) is 4.47. The number of nitrogens with zero attached hydrogens (tertiary/aromatic N) is 2. The van der Waals surface area contributed by atoms with Crippen molar-refractivity contribution in [3.63, 3.8) is 0 Å². The number of hydrogen-bond acceptors (Lipinski definition) is 5. The third-order valence-corrected chi connectivity index (χ3v) is 5.49. The summed E-state index contributed by atoms with van der Waals surface area (Å²) >= 11 is 6.28. The summed E-state index contributed by atoms with van der Waals surface area (Å²) in [5, 5.41) is 7.60. The molecule has 2 aromatic carbocycles. The Bertz CT molecular complexity index is 1070. The van der Waals surface area contributed by atoms with Crippen molar-refractivity contribution in [3.05, 3.63) is 82.3 Å². The fourth-order valence-corrected chi connectivity index (χ4v) is 4.09. The summed E-state index contributed by atoms with van der Waals surface area (Å²) in [6.45, 7) is 4.55. The Morgan fingerprint density at radius 2 is 1.97 bits per heavy atom. The van der Waals surface area contributed by atoms with Crippen LogP contribution in [0.1, 0.15) is 48.3 Å². The van der Waals surface area contributed by atoms with E-state index in [0.29, 0.717) is 11.6 Å². The second kappa shape index (κ2) is 7.16. The first kappa shape index (κ1) is 18.1. The Morgan fingerprint density at radius 1 is 1.14 bits per heavy atom. The van der Waals surface area contributed by atoms with Gasteiger partial charge in [-0.05, 0) is 68.4 Å². The Morgan fingerprint density at radius 3 is 2.69 bits per heavy atom. The first-order valence-electron chi connectivity index (χ1n) is 9.74. The number of furan rings is 1. The van der Waals surface area contributed by atoms with Gasteiger partial charge in [0.1, 0.15) is 28.7 Å². The maximum Gasteiger partial charge on any atom is 0.213 e. The Balaban J connectivity index is 1.55. The predicted octanol–water partition coefficient (Wildman–Crippen LogP) is 5.88. The number of halogens is 1. The van der Waals surface area contributed by atoms with E-state index in [2.05, 4.69) is 0 Å². The van der Waals surface area contributed by atoms with Gasteiger partial charge in [-0.25, -0.2) is 5.01 Å². The van der Waals surface area contributed by atoms with Gasteiger partial charge >= 0.3 is 0 Å². The molecular weight excluding hydrogens is 388 g/mol. The maximum atomic E-state index is 6.36. The van der Waals surface area contributed by atoms with Crippen LogP contribution in [0.2, 0.25) is 5.02 Å². The zero-order chi connectivity index (χ0) is 20.0. The molecule has 148 valence electrons. The van der Waals surface area contributed by atoms with Crippen molar-refractivity contribution in [2.45, 2.75) is 32.5 Å². The van der Waals surface area contributed by atoms with Crippen LogP contribution in [0.25, 0.3) is 0 Å². The summed E-state index contributed by atoms with van der Waals surface area (Å²) in [5.41, 5.74) is 2.97. The molecule has 0 unspecified atom stereocenters. The van der Waals surface area contributed by atoms with Crippen molar-refractivity contribution in [2.24, 2.45) is 5.10 Å². The number of fused-ring (bicyclic) bond motifs is 3. The largest absolute Gasteiger partial charge is 0.494 e. The minimum absolute atomic E-state index is 0.0365. The van der Waals surface area contributed by atoms with Crippen molar-refractivity contribution in [1.82, 2.24) is 5.01 Å². The minimum atomic E-state index is -0.335. The molecule has 0 bridgehead atoms. The summed E-state index contributed by atoms with van der Waals surface area (Å²) in [6.07, 6.45) is 0.398. The summed E-state index contributed by atoms with van der Waals surface area (Å²) in [7, 11) is 0. The summed E-state index contributed by atoms with van der Waals surface area (Å²) in [6, 6.07) is 17.7. The maximum absolute atomic E-state index is 6.36. The number of aryl methyl sites for hydroxylation is 1. The van der Waals surface area contributed by atoms with Crippen LogP contribution < -0.4 is 9.47 Å². The zero-order valence-corrected chi connectivity index (χ0v) is 17.0. The van der Waals surface area contributed by atoms with Gasteiger partial charge in [0.15, 0.2) is 0 Å². The molecule has 3 aromatic rings. The SMILES string of the molecule is CCOc1ccc([C@@H]2Oc3ccc(Cl)cc3[C@H]3CC(c4ccc(C)o4)=NN32)cc1. The van der Waals surface area contributed by atoms with Gasteiger partial charge in [-0.1, -0.05) is 11.6 Å². The average molecular weight is 409 g/mol. The molecule has 3 heterocycles. The highest BCUT2D eigenvalue weighted by Crippen LogP contribution is 2.48. The molecule has 6 heteroatoms. The molecule has 2 atom stereocenters. The van der Waals surface area contributed by atoms with E-state index in [1.807, 2.05) is 73.5 Å². The van der Waals surface area contributed by atoms with Gasteiger partial charge < -0.3 is 13.9 Å². The van der Waals surface area contributed by atoms with E-state index in [1.54, 1.807) is 0 Å². The van der Waals surface area contributed by atoms with Crippen LogP contribution in [-0.2, 0) is 0 Å². The van der Waals surface area contributed by atoms with Crippen LogP contribution in [0.3, 0.4) is 0 Å². The molecule has 2 aliphatic rings. The molecule has 5 rings (SSSR count). The zero-order valence-electron chi connectivity index (χ0n) is 16.3. The van der Waals surface area contributed by atoms with E-state index in [9.17, 15) is 0 Å². The average Bonchev–Trinajstić information content (AvgIpc) is 3.35. The molecule has 0 saturated heterocycles. The van der Waals surface area contributed by atoms with Crippen LogP contribution in [0, 0.1) is 6.92 Å². The van der Waals surface area contributed by atoms with E-state index in [4.69, 9.17) is 30.6 Å². The van der Waals surface area contributed by atoms with Gasteiger partial charge in [0.05, 0.1) is 12.6 Å². The quantitative estimate of drug-likeness (QED) is 0.540. The molecule has 0 amide bonds. The van der Waals surface area contributed by atoms with E-state index in [0.717, 1.165) is 46.3 Å². The third-order valence-electron chi connectivity index (χ3n) is 5.25. The van der Waals surface area contributed by atoms with Crippen LogP contribution >= 0.6 is 11.6 Å². The van der Waals surface area contributed by atoms with Crippen LogP contribution in [0.5, 0.6) is 11.5 Å². The van der Waals surface area contributed by atoms with Gasteiger partial charge in [-0.3, -0.25) is 0 Å². The van der Waals surface area contributed by atoms with Gasteiger partial charge in [0, 0.05) is 22.6 Å². The fourth-order valence-electron chi connectivity index (χ4n) is 3.91. The first-order chi connectivity index (χ1) is 14.1. The number of hydrogen-bond donors (Lipinski definition) is 0. The van der Waals surface area contributed by atoms with E-state index in [-0.39, 0.29) is 12.3 Å². The molecule has 5 nitrogen and oxygen atoms in total. The van der Waals surface area contributed by atoms with Crippen LogP contribution in [0.15, 0.2) is 64.1 Å². The lowest BCUT2D eigenvalue weighted by Gasteiger charge is -2.38. The van der Waals surface area contributed by atoms with Crippen molar-refractivity contribution < 1.29 is 13.9 Å². The number of rotatable bonds is 4. The van der Waals surface area contributed by atoms with Crippen molar-refractivity contribution in [2.75, 3.05) is 6.61 Å². The van der Waals surface area contributed by atoms with E-state index in [1.165, 1.54) is 0 Å². The predicted molar refractivity (Wildman–Crippen MR) is 112 cm³/mol. The minimum Gasteiger partial charge on any atom is -0.494 e. The van der Waals surface area contributed by atoms with Crippen LogP contribution in [0.4, 0.5) is 0 Å². The molecule has 0 radical (unpaired) electrons. The highest BCUT2D eigenvalue weighted by molar-refractivity contribution is 6.30. The Hall–Kier alpha value is -2.92. The summed E-state index contributed by atoms with van der Waals surface area (Å²) < 4.78 is 17.8. The highest BCUT2D eigenvalue weighted by atomic mass is 35.5. The third kappa shape index (κ3) is 3.25. The topological polar surface area (TPSA) is 47.2 Å². The molecule has 29 heavy (non-hydrogen) atoms. The van der Waals surface area contributed by atoms with Crippen molar-refractivity contribution in [1.29, 1.82) is 0 Å². The number of ether oxygens (including phenoxy) is 2. The molecule has 0 spiro atoms. The van der Waals surface area contributed by atoms with E-state index < -0.39 is 0 Å². The lowest BCUT2D eigenvalue weighted by atomic mass is 9.97. The van der Waals surface area contributed by atoms with Gasteiger partial charge in [0.2, 0.25) is 6.23 Å². The number of benzene rings is 2. The molecule has 2 aliphatic heterocycles. The molecule has 1 aromatic heterocycles. The van der Waals surface area contributed by atoms with Crippen molar-refractivity contribution in [3.8, 4) is 11.5 Å². The second-order valence-corrected chi connectivity index (χ2v) is 7.65. The molecule has 0 saturated carbocycles. The lowest BCUT2D eigenvalue weighted by molar-refractivity contribution is -0.0190. The first-order valence-corrected chi connectivity index (χ1v) is 10.1. The highest BCUT2D eigenvalue weighted by Gasteiger charge is 2.41. The normalized spacial score (nSPS) is 20.0. The van der Waals surface area contributed by atoms with Gasteiger partial charge in [-0.2, -0.15) is 5.10 Å².